The first-order chi connectivity index (χ1) is 10.5. The standard InChI is InChI=1S/C16H13F3N2O/c17-16(18,19)14(11-12-7-3-1-4-8-12)20-21-15(22)13-9-5-2-6-10-13/h1-10H,11H2,(H,21,22)/b20-14+. The van der Waals surface area contributed by atoms with E-state index in [4.69, 9.17) is 0 Å². The Bertz CT molecular complexity index is 652. The fourth-order valence-corrected chi connectivity index (χ4v) is 1.76. The SMILES string of the molecule is O=C(N/N=C(\Cc1ccccc1)C(F)(F)F)c1ccccc1. The Labute approximate surface area is 125 Å². The van der Waals surface area contributed by atoms with Gasteiger partial charge in [0.05, 0.1) is 0 Å². The summed E-state index contributed by atoms with van der Waals surface area (Å²) in [7, 11) is 0. The number of hydrazone groups is 1. The van der Waals surface area contributed by atoms with Crippen molar-refractivity contribution in [3.8, 4) is 0 Å². The first-order valence-electron chi connectivity index (χ1n) is 6.50. The van der Waals surface area contributed by atoms with Crippen LogP contribution in [-0.2, 0) is 6.42 Å². The molecule has 0 saturated heterocycles. The van der Waals surface area contributed by atoms with Crippen molar-refractivity contribution in [3.63, 3.8) is 0 Å². The van der Waals surface area contributed by atoms with Crippen LogP contribution in [0.4, 0.5) is 13.2 Å². The van der Waals surface area contributed by atoms with Crippen LogP contribution in [0.3, 0.4) is 0 Å². The van der Waals surface area contributed by atoms with E-state index in [9.17, 15) is 18.0 Å². The van der Waals surface area contributed by atoms with Crippen molar-refractivity contribution >= 4 is 11.6 Å². The zero-order valence-electron chi connectivity index (χ0n) is 11.5. The molecule has 0 aliphatic carbocycles. The maximum atomic E-state index is 13.0. The number of nitrogens with one attached hydrogen (secondary N) is 1. The molecule has 3 nitrogen and oxygen atoms in total. The first-order valence-corrected chi connectivity index (χ1v) is 6.50. The molecule has 1 N–H and O–H groups in total. The third-order valence-corrected chi connectivity index (χ3v) is 2.87. The number of rotatable bonds is 4. The van der Waals surface area contributed by atoms with Gasteiger partial charge in [0.25, 0.3) is 5.91 Å². The van der Waals surface area contributed by atoms with E-state index in [2.05, 4.69) is 5.10 Å². The summed E-state index contributed by atoms with van der Waals surface area (Å²) in [5.74, 6) is -0.685. The molecule has 6 heteroatoms. The van der Waals surface area contributed by atoms with E-state index in [-0.39, 0.29) is 5.56 Å². The van der Waals surface area contributed by atoms with Gasteiger partial charge in [-0.25, -0.2) is 5.43 Å². The Morgan fingerprint density at radius 1 is 0.955 bits per heavy atom. The molecule has 0 atom stereocenters. The van der Waals surface area contributed by atoms with Crippen molar-refractivity contribution < 1.29 is 18.0 Å². The van der Waals surface area contributed by atoms with Gasteiger partial charge in [-0.2, -0.15) is 18.3 Å². The molecule has 114 valence electrons. The minimum Gasteiger partial charge on any atom is -0.267 e. The lowest BCUT2D eigenvalue weighted by molar-refractivity contribution is -0.0604. The Balaban J connectivity index is 2.14. The predicted molar refractivity (Wildman–Crippen MR) is 77.5 cm³/mol. The van der Waals surface area contributed by atoms with Crippen LogP contribution in [0.5, 0.6) is 0 Å². The van der Waals surface area contributed by atoms with Gasteiger partial charge >= 0.3 is 6.18 Å². The van der Waals surface area contributed by atoms with E-state index in [1.807, 2.05) is 5.43 Å². The minimum atomic E-state index is -4.61. The average molecular weight is 306 g/mol. The summed E-state index contributed by atoms with van der Waals surface area (Å²) in [6.07, 6.45) is -5.01. The second kappa shape index (κ2) is 6.89. The van der Waals surface area contributed by atoms with Crippen LogP contribution in [0, 0.1) is 0 Å². The average Bonchev–Trinajstić information content (AvgIpc) is 2.52. The van der Waals surface area contributed by atoms with Crippen LogP contribution in [0.15, 0.2) is 65.8 Å². The van der Waals surface area contributed by atoms with Crippen molar-refractivity contribution in [1.29, 1.82) is 0 Å². The quantitative estimate of drug-likeness (QED) is 0.681. The molecule has 0 bridgehead atoms. The third kappa shape index (κ3) is 4.44. The molecule has 0 aromatic heterocycles. The van der Waals surface area contributed by atoms with Gasteiger partial charge in [-0.15, -0.1) is 0 Å². The van der Waals surface area contributed by atoms with Crippen molar-refractivity contribution in [3.05, 3.63) is 71.8 Å². The number of alkyl halides is 3. The molecular formula is C16H13F3N2O. The molecule has 0 spiro atoms. The van der Waals surface area contributed by atoms with Crippen LogP contribution in [0.25, 0.3) is 0 Å². The normalized spacial score (nSPS) is 12.0. The summed E-state index contributed by atoms with van der Waals surface area (Å²) in [6.45, 7) is 0. The topological polar surface area (TPSA) is 41.5 Å². The highest BCUT2D eigenvalue weighted by Crippen LogP contribution is 2.20. The lowest BCUT2D eigenvalue weighted by Crippen LogP contribution is -2.29. The maximum absolute atomic E-state index is 13.0. The zero-order chi connectivity index (χ0) is 16.0. The highest BCUT2D eigenvalue weighted by molar-refractivity contribution is 5.97. The molecule has 2 aromatic rings. The Morgan fingerprint density at radius 2 is 1.50 bits per heavy atom. The van der Waals surface area contributed by atoms with Crippen LogP contribution in [0.1, 0.15) is 15.9 Å². The van der Waals surface area contributed by atoms with Crippen molar-refractivity contribution in [1.82, 2.24) is 5.43 Å². The zero-order valence-corrected chi connectivity index (χ0v) is 11.5. The summed E-state index contributed by atoms with van der Waals surface area (Å²) in [5, 5.41) is 3.26. The molecule has 1 amide bonds. The van der Waals surface area contributed by atoms with Gasteiger partial charge in [-0.1, -0.05) is 48.5 Å². The van der Waals surface area contributed by atoms with Gasteiger partial charge < -0.3 is 0 Å². The number of carbonyl (C=O) groups is 1. The predicted octanol–water partition coefficient (Wildman–Crippen LogP) is 3.58. The Hall–Kier alpha value is -2.63. The largest absolute Gasteiger partial charge is 0.431 e. The Morgan fingerprint density at radius 3 is 2.05 bits per heavy atom. The second-order valence-corrected chi connectivity index (χ2v) is 4.53. The monoisotopic (exact) mass is 306 g/mol. The highest BCUT2D eigenvalue weighted by atomic mass is 19.4. The summed E-state index contributed by atoms with van der Waals surface area (Å²) >= 11 is 0. The van der Waals surface area contributed by atoms with Crippen LogP contribution in [0.2, 0.25) is 0 Å². The first kappa shape index (κ1) is 15.8. The van der Waals surface area contributed by atoms with Gasteiger partial charge in [0.2, 0.25) is 0 Å². The van der Waals surface area contributed by atoms with Gasteiger partial charge in [0.15, 0.2) is 0 Å². The Kier molecular flexibility index (Phi) is 4.93. The van der Waals surface area contributed by atoms with Crippen LogP contribution in [-0.4, -0.2) is 17.8 Å². The lowest BCUT2D eigenvalue weighted by atomic mass is 10.1. The summed E-state index contributed by atoms with van der Waals surface area (Å²) < 4.78 is 38.9. The van der Waals surface area contributed by atoms with E-state index in [1.165, 1.54) is 12.1 Å². The van der Waals surface area contributed by atoms with E-state index in [1.54, 1.807) is 48.5 Å². The summed E-state index contributed by atoms with van der Waals surface area (Å²) in [6, 6.07) is 16.1. The minimum absolute atomic E-state index is 0.243. The van der Waals surface area contributed by atoms with Crippen molar-refractivity contribution in [2.24, 2.45) is 5.10 Å². The number of amides is 1. The van der Waals surface area contributed by atoms with E-state index >= 15 is 0 Å². The molecule has 0 aliphatic rings. The highest BCUT2D eigenvalue weighted by Gasteiger charge is 2.36. The van der Waals surface area contributed by atoms with Gasteiger partial charge in [-0.3, -0.25) is 4.79 Å². The van der Waals surface area contributed by atoms with E-state index in [0.29, 0.717) is 5.56 Å². The van der Waals surface area contributed by atoms with Crippen molar-refractivity contribution in [2.45, 2.75) is 12.6 Å². The number of carbonyl (C=O) groups excluding carboxylic acids is 1. The summed E-state index contributed by atoms with van der Waals surface area (Å²) in [4.78, 5) is 11.7. The van der Waals surface area contributed by atoms with E-state index in [0.717, 1.165) is 0 Å². The molecule has 0 aliphatic heterocycles. The van der Waals surface area contributed by atoms with Gasteiger partial charge in [-0.05, 0) is 17.7 Å². The van der Waals surface area contributed by atoms with Crippen LogP contribution >= 0.6 is 0 Å². The molecule has 0 radical (unpaired) electrons. The molecule has 2 rings (SSSR count). The van der Waals surface area contributed by atoms with Crippen LogP contribution < -0.4 is 5.43 Å². The molecule has 2 aromatic carbocycles. The van der Waals surface area contributed by atoms with Gasteiger partial charge in [0.1, 0.15) is 5.71 Å². The third-order valence-electron chi connectivity index (χ3n) is 2.87. The molecule has 0 fully saturated rings. The molecule has 22 heavy (non-hydrogen) atoms. The molecule has 0 unspecified atom stereocenters. The maximum Gasteiger partial charge on any atom is 0.431 e. The number of nitrogens with zero attached hydrogens (tertiary/aromatic N) is 1. The number of hydrogen-bond acceptors (Lipinski definition) is 2. The van der Waals surface area contributed by atoms with E-state index < -0.39 is 24.2 Å². The number of halogens is 3. The molecular weight excluding hydrogens is 293 g/mol. The second-order valence-electron chi connectivity index (χ2n) is 4.53. The number of hydrogen-bond donors (Lipinski definition) is 1. The lowest BCUT2D eigenvalue weighted by Gasteiger charge is -2.11. The molecule has 0 heterocycles. The fraction of sp³-hybridized carbons (Fsp3) is 0.125. The van der Waals surface area contributed by atoms with Gasteiger partial charge in [0, 0.05) is 12.0 Å². The fourth-order valence-electron chi connectivity index (χ4n) is 1.76. The smallest absolute Gasteiger partial charge is 0.267 e. The summed E-state index contributed by atoms with van der Waals surface area (Å²) in [5.41, 5.74) is 1.61. The molecule has 0 saturated carbocycles. The number of benzene rings is 2. The van der Waals surface area contributed by atoms with Crippen molar-refractivity contribution in [2.75, 3.05) is 0 Å².